The topological polar surface area (TPSA) is 29.5 Å². The summed E-state index contributed by atoms with van der Waals surface area (Å²) in [5.74, 6) is -0.637. The van der Waals surface area contributed by atoms with Gasteiger partial charge in [-0.15, -0.1) is 0 Å². The zero-order valence-electron chi connectivity index (χ0n) is 16.0. The molecule has 3 aromatic rings. The number of nitrogens with zero attached hydrogens (tertiary/aromatic N) is 1. The maximum atomic E-state index is 13.0. The Labute approximate surface area is 166 Å². The molecule has 0 radical (unpaired) electrons. The van der Waals surface area contributed by atoms with E-state index in [1.807, 2.05) is 60.7 Å². The molecule has 1 atom stereocenters. The van der Waals surface area contributed by atoms with Gasteiger partial charge in [-0.3, -0.25) is 4.79 Å². The molecule has 0 aliphatic carbocycles. The highest BCUT2D eigenvalue weighted by atomic mass is 16.5. The SMILES string of the molecule is O=C(OCc1ccccc1)[C@H](c1ccccc1)c1ccc(N2CCCC2)cc1. The van der Waals surface area contributed by atoms with E-state index in [-0.39, 0.29) is 12.6 Å². The molecular formula is C25H25NO2. The Morgan fingerprint density at radius 1 is 0.786 bits per heavy atom. The standard InChI is InChI=1S/C25H25NO2/c27-25(28-19-20-9-3-1-4-10-20)24(21-11-5-2-6-12-21)22-13-15-23(16-14-22)26-17-7-8-18-26/h1-6,9-16,24H,7-8,17-19H2/t24-/m1/s1. The molecule has 0 N–H and O–H groups in total. The first-order valence-electron chi connectivity index (χ1n) is 9.92. The lowest BCUT2D eigenvalue weighted by molar-refractivity contribution is -0.145. The van der Waals surface area contributed by atoms with Crippen LogP contribution in [0.3, 0.4) is 0 Å². The molecule has 0 saturated carbocycles. The molecule has 0 bridgehead atoms. The molecule has 0 aromatic heterocycles. The van der Waals surface area contributed by atoms with Gasteiger partial charge in [-0.1, -0.05) is 72.8 Å². The smallest absolute Gasteiger partial charge is 0.318 e. The van der Waals surface area contributed by atoms with Gasteiger partial charge in [0.05, 0.1) is 0 Å². The number of carbonyl (C=O) groups is 1. The molecule has 142 valence electrons. The van der Waals surface area contributed by atoms with E-state index in [4.69, 9.17) is 4.74 Å². The van der Waals surface area contributed by atoms with Crippen molar-refractivity contribution in [3.8, 4) is 0 Å². The predicted molar refractivity (Wildman–Crippen MR) is 112 cm³/mol. The van der Waals surface area contributed by atoms with E-state index >= 15 is 0 Å². The largest absolute Gasteiger partial charge is 0.460 e. The van der Waals surface area contributed by atoms with Crippen molar-refractivity contribution in [1.82, 2.24) is 0 Å². The molecule has 4 rings (SSSR count). The van der Waals surface area contributed by atoms with Crippen LogP contribution in [0.15, 0.2) is 84.9 Å². The number of ether oxygens (including phenoxy) is 1. The number of hydrogen-bond acceptors (Lipinski definition) is 3. The third-order valence-corrected chi connectivity index (χ3v) is 5.29. The van der Waals surface area contributed by atoms with Crippen molar-refractivity contribution in [2.24, 2.45) is 0 Å². The van der Waals surface area contributed by atoms with E-state index in [1.54, 1.807) is 0 Å². The maximum Gasteiger partial charge on any atom is 0.318 e. The third-order valence-electron chi connectivity index (χ3n) is 5.29. The zero-order chi connectivity index (χ0) is 19.2. The average Bonchev–Trinajstić information content (AvgIpc) is 3.29. The number of carbonyl (C=O) groups excluding carboxylic acids is 1. The molecular weight excluding hydrogens is 346 g/mol. The van der Waals surface area contributed by atoms with Gasteiger partial charge in [0.25, 0.3) is 0 Å². The van der Waals surface area contributed by atoms with E-state index in [1.165, 1.54) is 18.5 Å². The first kappa shape index (κ1) is 18.3. The van der Waals surface area contributed by atoms with Gasteiger partial charge in [-0.05, 0) is 41.7 Å². The molecule has 0 spiro atoms. The van der Waals surface area contributed by atoms with E-state index < -0.39 is 5.92 Å². The highest BCUT2D eigenvalue weighted by molar-refractivity contribution is 5.82. The molecule has 1 heterocycles. The molecule has 1 fully saturated rings. The fourth-order valence-electron chi connectivity index (χ4n) is 3.78. The van der Waals surface area contributed by atoms with Gasteiger partial charge in [0, 0.05) is 18.8 Å². The lowest BCUT2D eigenvalue weighted by atomic mass is 9.91. The van der Waals surface area contributed by atoms with Crippen LogP contribution < -0.4 is 4.90 Å². The molecule has 3 heteroatoms. The third kappa shape index (κ3) is 4.25. The van der Waals surface area contributed by atoms with Crippen molar-refractivity contribution >= 4 is 11.7 Å². The van der Waals surface area contributed by atoms with Crippen LogP contribution >= 0.6 is 0 Å². The van der Waals surface area contributed by atoms with Crippen LogP contribution in [0.2, 0.25) is 0 Å². The Balaban J connectivity index is 1.56. The van der Waals surface area contributed by atoms with Crippen LogP contribution in [0.25, 0.3) is 0 Å². The van der Waals surface area contributed by atoms with Gasteiger partial charge in [0.2, 0.25) is 0 Å². The Morgan fingerprint density at radius 3 is 2.00 bits per heavy atom. The minimum absolute atomic E-state index is 0.219. The van der Waals surface area contributed by atoms with Crippen LogP contribution in [0.4, 0.5) is 5.69 Å². The molecule has 3 aromatic carbocycles. The van der Waals surface area contributed by atoms with E-state index in [0.29, 0.717) is 0 Å². The lowest BCUT2D eigenvalue weighted by Crippen LogP contribution is -2.19. The average molecular weight is 371 g/mol. The second-order valence-electron chi connectivity index (χ2n) is 7.22. The molecule has 0 unspecified atom stereocenters. The van der Waals surface area contributed by atoms with Crippen molar-refractivity contribution in [3.63, 3.8) is 0 Å². The molecule has 1 aliphatic rings. The van der Waals surface area contributed by atoms with Crippen molar-refractivity contribution in [3.05, 3.63) is 102 Å². The van der Waals surface area contributed by atoms with Crippen molar-refractivity contribution in [2.75, 3.05) is 18.0 Å². The van der Waals surface area contributed by atoms with Gasteiger partial charge < -0.3 is 9.64 Å². The lowest BCUT2D eigenvalue weighted by Gasteiger charge is -2.20. The minimum atomic E-state index is -0.419. The zero-order valence-corrected chi connectivity index (χ0v) is 16.0. The summed E-state index contributed by atoms with van der Waals surface area (Å²) in [6.07, 6.45) is 2.50. The second kappa shape index (κ2) is 8.75. The summed E-state index contributed by atoms with van der Waals surface area (Å²) in [4.78, 5) is 15.4. The van der Waals surface area contributed by atoms with Gasteiger partial charge in [-0.25, -0.2) is 0 Å². The quantitative estimate of drug-likeness (QED) is 0.561. The molecule has 3 nitrogen and oxygen atoms in total. The van der Waals surface area contributed by atoms with Crippen LogP contribution in [-0.2, 0) is 16.1 Å². The monoisotopic (exact) mass is 371 g/mol. The number of benzene rings is 3. The normalized spacial score (nSPS) is 14.6. The summed E-state index contributed by atoms with van der Waals surface area (Å²) < 4.78 is 5.68. The van der Waals surface area contributed by atoms with Crippen LogP contribution in [0.1, 0.15) is 35.4 Å². The molecule has 0 amide bonds. The number of hydrogen-bond donors (Lipinski definition) is 0. The fourth-order valence-corrected chi connectivity index (χ4v) is 3.78. The fraction of sp³-hybridized carbons (Fsp3) is 0.240. The van der Waals surface area contributed by atoms with Gasteiger partial charge in [-0.2, -0.15) is 0 Å². The summed E-state index contributed by atoms with van der Waals surface area (Å²) in [5.41, 5.74) is 4.14. The Bertz CT molecular complexity index is 885. The van der Waals surface area contributed by atoms with Crippen LogP contribution in [-0.4, -0.2) is 19.1 Å². The van der Waals surface area contributed by atoms with E-state index in [9.17, 15) is 4.79 Å². The molecule has 1 saturated heterocycles. The highest BCUT2D eigenvalue weighted by Gasteiger charge is 2.24. The van der Waals surface area contributed by atoms with Crippen molar-refractivity contribution in [2.45, 2.75) is 25.4 Å². The van der Waals surface area contributed by atoms with Crippen molar-refractivity contribution < 1.29 is 9.53 Å². The minimum Gasteiger partial charge on any atom is -0.460 e. The van der Waals surface area contributed by atoms with E-state index in [0.717, 1.165) is 29.8 Å². The number of esters is 1. The highest BCUT2D eigenvalue weighted by Crippen LogP contribution is 2.29. The summed E-state index contributed by atoms with van der Waals surface area (Å²) in [6.45, 7) is 2.51. The van der Waals surface area contributed by atoms with Crippen LogP contribution in [0, 0.1) is 0 Å². The van der Waals surface area contributed by atoms with Gasteiger partial charge in [0.1, 0.15) is 12.5 Å². The Morgan fingerprint density at radius 2 is 1.36 bits per heavy atom. The number of rotatable bonds is 6. The van der Waals surface area contributed by atoms with E-state index in [2.05, 4.69) is 29.2 Å². The number of anilines is 1. The second-order valence-corrected chi connectivity index (χ2v) is 7.22. The van der Waals surface area contributed by atoms with Gasteiger partial charge >= 0.3 is 5.97 Å². The summed E-state index contributed by atoms with van der Waals surface area (Å²) in [5, 5.41) is 0. The first-order chi connectivity index (χ1) is 13.8. The Hall–Kier alpha value is -3.07. The summed E-state index contributed by atoms with van der Waals surface area (Å²) >= 11 is 0. The predicted octanol–water partition coefficient (Wildman–Crippen LogP) is 5.16. The first-order valence-corrected chi connectivity index (χ1v) is 9.92. The van der Waals surface area contributed by atoms with Crippen LogP contribution in [0.5, 0.6) is 0 Å². The Kier molecular flexibility index (Phi) is 5.72. The van der Waals surface area contributed by atoms with Gasteiger partial charge in [0.15, 0.2) is 0 Å². The summed E-state index contributed by atoms with van der Waals surface area (Å²) in [6, 6.07) is 28.1. The molecule has 28 heavy (non-hydrogen) atoms. The summed E-state index contributed by atoms with van der Waals surface area (Å²) in [7, 11) is 0. The van der Waals surface area contributed by atoms with Crippen molar-refractivity contribution in [1.29, 1.82) is 0 Å². The molecule has 1 aliphatic heterocycles. The maximum absolute atomic E-state index is 13.0.